The number of amides is 1. The molecule has 0 fully saturated rings. The number of nitrogens with zero attached hydrogens (tertiary/aromatic N) is 2. The van der Waals surface area contributed by atoms with E-state index in [2.05, 4.69) is 6.08 Å². The SMILES string of the molecule is CC[C@H](C(=O)N1CC=CCC1)n1cc(C(C)=O)c2ccccc21. The molecule has 1 atom stereocenters. The second kappa shape index (κ2) is 6.41. The number of ketones is 1. The summed E-state index contributed by atoms with van der Waals surface area (Å²) in [6.07, 6.45) is 7.62. The van der Waals surface area contributed by atoms with E-state index in [9.17, 15) is 9.59 Å². The summed E-state index contributed by atoms with van der Waals surface area (Å²) < 4.78 is 1.98. The highest BCUT2D eigenvalue weighted by Gasteiger charge is 2.26. The second-order valence-electron chi connectivity index (χ2n) is 5.99. The number of aromatic nitrogens is 1. The number of hydrogen-bond donors (Lipinski definition) is 0. The fourth-order valence-corrected chi connectivity index (χ4v) is 3.29. The highest BCUT2D eigenvalue weighted by Crippen LogP contribution is 2.28. The molecule has 0 spiro atoms. The van der Waals surface area contributed by atoms with Crippen LogP contribution in [0.2, 0.25) is 0 Å². The molecule has 0 unspecified atom stereocenters. The van der Waals surface area contributed by atoms with Crippen molar-refractivity contribution in [2.45, 2.75) is 32.7 Å². The van der Waals surface area contributed by atoms with Gasteiger partial charge in [0.25, 0.3) is 0 Å². The van der Waals surface area contributed by atoms with Crippen LogP contribution in [0, 0.1) is 0 Å². The Morgan fingerprint density at radius 3 is 2.65 bits per heavy atom. The van der Waals surface area contributed by atoms with Gasteiger partial charge in [-0.15, -0.1) is 0 Å². The molecule has 0 aliphatic carbocycles. The Kier molecular flexibility index (Phi) is 4.33. The molecule has 1 aromatic heterocycles. The summed E-state index contributed by atoms with van der Waals surface area (Å²) >= 11 is 0. The molecule has 1 aliphatic heterocycles. The van der Waals surface area contributed by atoms with Gasteiger partial charge < -0.3 is 9.47 Å². The van der Waals surface area contributed by atoms with E-state index in [0.717, 1.165) is 23.9 Å². The molecule has 2 aromatic rings. The fourth-order valence-electron chi connectivity index (χ4n) is 3.29. The normalized spacial score (nSPS) is 15.8. The third kappa shape index (κ3) is 2.81. The van der Waals surface area contributed by atoms with Crippen molar-refractivity contribution in [3.05, 3.63) is 48.2 Å². The van der Waals surface area contributed by atoms with Gasteiger partial charge in [-0.2, -0.15) is 0 Å². The van der Waals surface area contributed by atoms with Crippen LogP contribution in [-0.2, 0) is 4.79 Å². The number of fused-ring (bicyclic) bond motifs is 1. The zero-order valence-corrected chi connectivity index (χ0v) is 13.7. The smallest absolute Gasteiger partial charge is 0.245 e. The van der Waals surface area contributed by atoms with Crippen LogP contribution in [0.1, 0.15) is 43.1 Å². The summed E-state index contributed by atoms with van der Waals surface area (Å²) in [5, 5.41) is 0.921. The lowest BCUT2D eigenvalue weighted by atomic mass is 10.1. The van der Waals surface area contributed by atoms with Gasteiger partial charge in [0.15, 0.2) is 5.78 Å². The maximum atomic E-state index is 12.9. The Bertz CT molecular complexity index is 773. The van der Waals surface area contributed by atoms with Crippen molar-refractivity contribution in [3.63, 3.8) is 0 Å². The van der Waals surface area contributed by atoms with Gasteiger partial charge >= 0.3 is 0 Å². The lowest BCUT2D eigenvalue weighted by Gasteiger charge is -2.28. The monoisotopic (exact) mass is 310 g/mol. The standard InChI is InChI=1S/C19H22N2O2/c1-3-17(19(23)20-11-7-4-8-12-20)21-13-16(14(2)22)15-9-5-6-10-18(15)21/h4-7,9-10,13,17H,3,8,11-12H2,1-2H3/t17-/m1/s1. The van der Waals surface area contributed by atoms with E-state index < -0.39 is 0 Å². The third-order valence-corrected chi connectivity index (χ3v) is 4.50. The highest BCUT2D eigenvalue weighted by molar-refractivity contribution is 6.07. The quantitative estimate of drug-likeness (QED) is 0.640. The first-order valence-electron chi connectivity index (χ1n) is 8.17. The Labute approximate surface area is 136 Å². The number of hydrogen-bond acceptors (Lipinski definition) is 2. The maximum Gasteiger partial charge on any atom is 0.245 e. The van der Waals surface area contributed by atoms with Gasteiger partial charge in [-0.05, 0) is 25.8 Å². The molecule has 0 saturated carbocycles. The fraction of sp³-hybridized carbons (Fsp3) is 0.368. The van der Waals surface area contributed by atoms with Gasteiger partial charge in [0.05, 0.1) is 0 Å². The van der Waals surface area contributed by atoms with Crippen molar-refractivity contribution in [2.75, 3.05) is 13.1 Å². The molecule has 1 amide bonds. The van der Waals surface area contributed by atoms with E-state index in [1.165, 1.54) is 0 Å². The molecular weight excluding hydrogens is 288 g/mol. The van der Waals surface area contributed by atoms with E-state index >= 15 is 0 Å². The number of Topliss-reactive ketones (excluding diaryl/α,β-unsaturated/α-hetero) is 1. The second-order valence-corrected chi connectivity index (χ2v) is 5.99. The van der Waals surface area contributed by atoms with Crippen LogP contribution in [0.5, 0.6) is 0 Å². The van der Waals surface area contributed by atoms with E-state index in [0.29, 0.717) is 18.5 Å². The number of para-hydroxylation sites is 1. The van der Waals surface area contributed by atoms with Crippen LogP contribution >= 0.6 is 0 Å². The van der Waals surface area contributed by atoms with Crippen LogP contribution in [0.3, 0.4) is 0 Å². The summed E-state index contributed by atoms with van der Waals surface area (Å²) in [5.41, 5.74) is 1.64. The van der Waals surface area contributed by atoms with Gasteiger partial charge in [0.2, 0.25) is 5.91 Å². The minimum atomic E-state index is -0.264. The molecule has 2 heterocycles. The predicted molar refractivity (Wildman–Crippen MR) is 91.6 cm³/mol. The number of carbonyl (C=O) groups excluding carboxylic acids is 2. The Balaban J connectivity index is 2.04. The van der Waals surface area contributed by atoms with Gasteiger partial charge in [0, 0.05) is 35.8 Å². The summed E-state index contributed by atoms with van der Waals surface area (Å²) in [5.74, 6) is 0.163. The maximum absolute atomic E-state index is 12.9. The summed E-state index contributed by atoms with van der Waals surface area (Å²) in [7, 11) is 0. The number of rotatable bonds is 4. The van der Waals surface area contributed by atoms with Crippen LogP contribution in [0.25, 0.3) is 10.9 Å². The van der Waals surface area contributed by atoms with Crippen molar-refractivity contribution < 1.29 is 9.59 Å². The van der Waals surface area contributed by atoms with Crippen LogP contribution < -0.4 is 0 Å². The van der Waals surface area contributed by atoms with Crippen molar-refractivity contribution in [2.24, 2.45) is 0 Å². The van der Waals surface area contributed by atoms with Gasteiger partial charge in [-0.1, -0.05) is 37.3 Å². The summed E-state index contributed by atoms with van der Waals surface area (Å²) in [4.78, 5) is 26.8. The molecule has 4 heteroatoms. The average molecular weight is 310 g/mol. The molecule has 1 aliphatic rings. The van der Waals surface area contributed by atoms with E-state index in [-0.39, 0.29) is 17.7 Å². The zero-order chi connectivity index (χ0) is 16.4. The van der Waals surface area contributed by atoms with Gasteiger partial charge in [-0.3, -0.25) is 9.59 Å². The molecule has 0 bridgehead atoms. The van der Waals surface area contributed by atoms with Crippen molar-refractivity contribution in [1.82, 2.24) is 9.47 Å². The van der Waals surface area contributed by atoms with Gasteiger partial charge in [0.1, 0.15) is 6.04 Å². The van der Waals surface area contributed by atoms with Crippen molar-refractivity contribution in [1.29, 1.82) is 0 Å². The minimum absolute atomic E-state index is 0.0307. The average Bonchev–Trinajstić information content (AvgIpc) is 2.96. The first-order valence-corrected chi connectivity index (χ1v) is 8.17. The molecule has 0 radical (unpaired) electrons. The van der Waals surface area contributed by atoms with Gasteiger partial charge in [-0.25, -0.2) is 0 Å². The largest absolute Gasteiger partial charge is 0.337 e. The van der Waals surface area contributed by atoms with E-state index in [1.807, 2.05) is 52.9 Å². The molecular formula is C19H22N2O2. The first kappa shape index (κ1) is 15.5. The Hall–Kier alpha value is -2.36. The number of carbonyl (C=O) groups is 2. The molecule has 0 N–H and O–H groups in total. The number of benzene rings is 1. The van der Waals surface area contributed by atoms with Crippen LogP contribution in [0.4, 0.5) is 0 Å². The minimum Gasteiger partial charge on any atom is -0.337 e. The lowest BCUT2D eigenvalue weighted by molar-refractivity contribution is -0.134. The third-order valence-electron chi connectivity index (χ3n) is 4.50. The predicted octanol–water partition coefficient (Wildman–Crippen LogP) is 3.58. The van der Waals surface area contributed by atoms with Crippen LogP contribution in [-0.4, -0.2) is 34.2 Å². The zero-order valence-electron chi connectivity index (χ0n) is 13.7. The Morgan fingerprint density at radius 2 is 2.00 bits per heavy atom. The lowest BCUT2D eigenvalue weighted by Crippen LogP contribution is -2.39. The van der Waals surface area contributed by atoms with Crippen molar-refractivity contribution >= 4 is 22.6 Å². The summed E-state index contributed by atoms with van der Waals surface area (Å²) in [6.45, 7) is 5.04. The highest BCUT2D eigenvalue weighted by atomic mass is 16.2. The molecule has 120 valence electrons. The van der Waals surface area contributed by atoms with Crippen molar-refractivity contribution in [3.8, 4) is 0 Å². The molecule has 23 heavy (non-hydrogen) atoms. The first-order chi connectivity index (χ1) is 11.1. The Morgan fingerprint density at radius 1 is 1.22 bits per heavy atom. The van der Waals surface area contributed by atoms with Crippen LogP contribution in [0.15, 0.2) is 42.6 Å². The topological polar surface area (TPSA) is 42.3 Å². The molecule has 4 nitrogen and oxygen atoms in total. The van der Waals surface area contributed by atoms with E-state index in [1.54, 1.807) is 6.92 Å². The molecule has 3 rings (SSSR count). The molecule has 1 aromatic carbocycles. The molecule has 0 saturated heterocycles. The van der Waals surface area contributed by atoms with E-state index in [4.69, 9.17) is 0 Å². The summed E-state index contributed by atoms with van der Waals surface area (Å²) in [6, 6.07) is 7.54.